The molecule has 3 aromatic rings. The highest BCUT2D eigenvalue weighted by Crippen LogP contribution is 2.31. The molecule has 0 fully saturated rings. The van der Waals surface area contributed by atoms with E-state index in [-0.39, 0.29) is 5.78 Å². The van der Waals surface area contributed by atoms with Crippen LogP contribution in [-0.2, 0) is 0 Å². The maximum absolute atomic E-state index is 12.2. The van der Waals surface area contributed by atoms with Crippen LogP contribution in [0, 0.1) is 0 Å². The van der Waals surface area contributed by atoms with Crippen LogP contribution in [-0.4, -0.2) is 16.5 Å². The fourth-order valence-corrected chi connectivity index (χ4v) is 3.44. The number of nitrogens with one attached hydrogen (secondary N) is 1. The van der Waals surface area contributed by atoms with E-state index in [4.69, 9.17) is 0 Å². The van der Waals surface area contributed by atoms with Crippen LogP contribution in [0.3, 0.4) is 0 Å². The largest absolute Gasteiger partial charge is 0.332 e. The van der Waals surface area contributed by atoms with E-state index in [0.717, 1.165) is 33.5 Å². The molecular formula is C19H15N3OS. The Morgan fingerprint density at radius 2 is 1.96 bits per heavy atom. The molecule has 1 aromatic heterocycles. The van der Waals surface area contributed by atoms with Gasteiger partial charge in [0.25, 0.3) is 0 Å². The monoisotopic (exact) mass is 333 g/mol. The number of anilines is 2. The van der Waals surface area contributed by atoms with Gasteiger partial charge >= 0.3 is 0 Å². The zero-order chi connectivity index (χ0) is 16.5. The Labute approximate surface area is 143 Å². The quantitative estimate of drug-likeness (QED) is 0.714. The Kier molecular flexibility index (Phi) is 3.70. The number of Topliss-reactive ketones (excluding diaryl/α,β-unsaturated/α-hetero) is 1. The average Bonchev–Trinajstić information content (AvgIpc) is 3.05. The molecule has 0 atom stereocenters. The molecule has 1 N–H and O–H groups in total. The Balaban J connectivity index is 1.60. The first kappa shape index (κ1) is 14.8. The number of hydrogen-bond acceptors (Lipinski definition) is 5. The van der Waals surface area contributed by atoms with Crippen molar-refractivity contribution in [3.8, 4) is 11.3 Å². The molecule has 2 aromatic carbocycles. The van der Waals surface area contributed by atoms with E-state index in [9.17, 15) is 4.79 Å². The van der Waals surface area contributed by atoms with E-state index >= 15 is 0 Å². The second kappa shape index (κ2) is 6.02. The number of aliphatic imine (C=N–C) groups is 1. The van der Waals surface area contributed by atoms with E-state index in [1.54, 1.807) is 11.3 Å². The minimum atomic E-state index is 0.116. The summed E-state index contributed by atoms with van der Waals surface area (Å²) >= 11 is 1.54. The van der Waals surface area contributed by atoms with Gasteiger partial charge in [-0.25, -0.2) is 4.98 Å². The lowest BCUT2D eigenvalue weighted by Gasteiger charge is -2.13. The van der Waals surface area contributed by atoms with Gasteiger partial charge in [0.2, 0.25) is 0 Å². The van der Waals surface area contributed by atoms with Gasteiger partial charge in [-0.05, 0) is 25.1 Å². The average molecular weight is 333 g/mol. The molecule has 0 saturated carbocycles. The van der Waals surface area contributed by atoms with Crippen molar-refractivity contribution in [2.24, 2.45) is 4.99 Å². The van der Waals surface area contributed by atoms with Crippen molar-refractivity contribution in [2.75, 3.05) is 5.32 Å². The molecule has 24 heavy (non-hydrogen) atoms. The number of carbonyl (C=O) groups excluding carboxylic acids is 1. The fourth-order valence-electron chi connectivity index (χ4n) is 2.70. The lowest BCUT2D eigenvalue weighted by molar-refractivity contribution is 0.0999. The summed E-state index contributed by atoms with van der Waals surface area (Å²) in [5, 5.41) is 6.11. The zero-order valence-electron chi connectivity index (χ0n) is 13.1. The molecular weight excluding hydrogens is 318 g/mol. The number of aromatic nitrogens is 1. The van der Waals surface area contributed by atoms with E-state index in [0.29, 0.717) is 12.0 Å². The fraction of sp³-hybridized carbons (Fsp3) is 0.105. The van der Waals surface area contributed by atoms with Crippen molar-refractivity contribution in [1.82, 2.24) is 4.98 Å². The molecule has 0 unspecified atom stereocenters. The number of benzene rings is 2. The number of rotatable bonds is 3. The van der Waals surface area contributed by atoms with Crippen molar-refractivity contribution >= 4 is 39.3 Å². The Morgan fingerprint density at radius 3 is 2.79 bits per heavy atom. The van der Waals surface area contributed by atoms with Crippen LogP contribution in [0.4, 0.5) is 16.5 Å². The standard InChI is InChI=1S/C19H15N3OS/c1-12-9-18(23)15-10-14(7-8-16(15)20-12)21-19-22-17(11-24-19)13-5-3-2-4-6-13/h2-8,10-11H,9H2,1H3,(H,21,22). The van der Waals surface area contributed by atoms with Gasteiger partial charge in [0.15, 0.2) is 10.9 Å². The molecule has 0 aliphatic carbocycles. The highest BCUT2D eigenvalue weighted by atomic mass is 32.1. The molecule has 118 valence electrons. The van der Waals surface area contributed by atoms with Crippen LogP contribution in [0.25, 0.3) is 11.3 Å². The minimum Gasteiger partial charge on any atom is -0.332 e. The number of hydrogen-bond donors (Lipinski definition) is 1. The van der Waals surface area contributed by atoms with Crippen LogP contribution >= 0.6 is 11.3 Å². The van der Waals surface area contributed by atoms with Gasteiger partial charge in [-0.1, -0.05) is 30.3 Å². The third kappa shape index (κ3) is 2.86. The minimum absolute atomic E-state index is 0.116. The number of carbonyl (C=O) groups is 1. The smallest absolute Gasteiger partial charge is 0.187 e. The van der Waals surface area contributed by atoms with Crippen LogP contribution in [0.1, 0.15) is 23.7 Å². The molecule has 4 rings (SSSR count). The molecule has 0 spiro atoms. The maximum atomic E-state index is 12.2. The van der Waals surface area contributed by atoms with Gasteiger partial charge in [0.1, 0.15) is 0 Å². The van der Waals surface area contributed by atoms with Gasteiger partial charge in [0.05, 0.1) is 11.4 Å². The second-order valence-corrected chi connectivity index (χ2v) is 6.57. The van der Waals surface area contributed by atoms with Crippen molar-refractivity contribution in [2.45, 2.75) is 13.3 Å². The predicted octanol–water partition coefficient (Wildman–Crippen LogP) is 5.23. The molecule has 0 radical (unpaired) electrons. The Morgan fingerprint density at radius 1 is 1.12 bits per heavy atom. The van der Waals surface area contributed by atoms with E-state index < -0.39 is 0 Å². The van der Waals surface area contributed by atoms with Crippen LogP contribution in [0.5, 0.6) is 0 Å². The number of thiazole rings is 1. The molecule has 1 aliphatic rings. The Bertz CT molecular complexity index is 944. The lowest BCUT2D eigenvalue weighted by Crippen LogP contribution is -2.10. The van der Waals surface area contributed by atoms with Gasteiger partial charge < -0.3 is 5.32 Å². The number of nitrogens with zero attached hydrogens (tertiary/aromatic N) is 2. The van der Waals surface area contributed by atoms with E-state index in [2.05, 4.69) is 15.3 Å². The summed E-state index contributed by atoms with van der Waals surface area (Å²) in [5.74, 6) is 0.116. The topological polar surface area (TPSA) is 54.4 Å². The van der Waals surface area contributed by atoms with Crippen LogP contribution < -0.4 is 5.32 Å². The molecule has 1 aliphatic heterocycles. The van der Waals surface area contributed by atoms with Gasteiger partial charge in [-0.15, -0.1) is 11.3 Å². The normalized spacial score (nSPS) is 13.4. The van der Waals surface area contributed by atoms with Crippen LogP contribution in [0.15, 0.2) is 58.9 Å². The van der Waals surface area contributed by atoms with Gasteiger partial charge in [-0.3, -0.25) is 9.79 Å². The number of ketones is 1. The highest BCUT2D eigenvalue weighted by molar-refractivity contribution is 7.14. The summed E-state index contributed by atoms with van der Waals surface area (Å²) in [7, 11) is 0. The summed E-state index contributed by atoms with van der Waals surface area (Å²) in [6.45, 7) is 1.88. The SMILES string of the molecule is CC1=Nc2ccc(Nc3nc(-c4ccccc4)cs3)cc2C(=O)C1. The van der Waals surface area contributed by atoms with E-state index in [1.165, 1.54) is 0 Å². The molecule has 4 nitrogen and oxygen atoms in total. The highest BCUT2D eigenvalue weighted by Gasteiger charge is 2.18. The summed E-state index contributed by atoms with van der Waals surface area (Å²) in [4.78, 5) is 21.2. The van der Waals surface area contributed by atoms with Crippen molar-refractivity contribution in [3.05, 3.63) is 59.5 Å². The molecule has 5 heteroatoms. The molecule has 0 saturated heterocycles. The van der Waals surface area contributed by atoms with Gasteiger partial charge in [-0.2, -0.15) is 0 Å². The first-order valence-corrected chi connectivity index (χ1v) is 8.56. The van der Waals surface area contributed by atoms with Crippen LogP contribution in [0.2, 0.25) is 0 Å². The maximum Gasteiger partial charge on any atom is 0.187 e. The van der Waals surface area contributed by atoms with Crippen molar-refractivity contribution in [3.63, 3.8) is 0 Å². The third-order valence-electron chi connectivity index (χ3n) is 3.85. The zero-order valence-corrected chi connectivity index (χ0v) is 13.9. The van der Waals surface area contributed by atoms with Crippen molar-refractivity contribution in [1.29, 1.82) is 0 Å². The lowest BCUT2D eigenvalue weighted by atomic mass is 10.0. The predicted molar refractivity (Wildman–Crippen MR) is 99.0 cm³/mol. The molecule has 2 heterocycles. The summed E-state index contributed by atoms with van der Waals surface area (Å²) in [5.41, 5.74) is 5.17. The van der Waals surface area contributed by atoms with Crippen molar-refractivity contribution < 1.29 is 4.79 Å². The third-order valence-corrected chi connectivity index (χ3v) is 4.61. The van der Waals surface area contributed by atoms with Gasteiger partial charge in [0, 0.05) is 34.3 Å². The summed E-state index contributed by atoms with van der Waals surface area (Å²) in [6, 6.07) is 15.7. The second-order valence-electron chi connectivity index (χ2n) is 5.71. The summed E-state index contributed by atoms with van der Waals surface area (Å²) < 4.78 is 0. The molecule has 0 bridgehead atoms. The first-order valence-electron chi connectivity index (χ1n) is 7.68. The van der Waals surface area contributed by atoms with E-state index in [1.807, 2.05) is 60.8 Å². The molecule has 0 amide bonds. The Hall–Kier alpha value is -2.79. The summed E-state index contributed by atoms with van der Waals surface area (Å²) in [6.07, 6.45) is 0.395. The first-order chi connectivity index (χ1) is 11.7. The number of fused-ring (bicyclic) bond motifs is 1.